The second-order valence-corrected chi connectivity index (χ2v) is 9.61. The maximum atomic E-state index is 13.2. The molecule has 3 rings (SSSR count). The van der Waals surface area contributed by atoms with E-state index in [1.807, 2.05) is 6.07 Å². The molecule has 0 bridgehead atoms. The summed E-state index contributed by atoms with van der Waals surface area (Å²) in [6.45, 7) is 1.72. The monoisotopic (exact) mass is 430 g/mol. The molecular weight excluding hydrogens is 407 g/mol. The van der Waals surface area contributed by atoms with Gasteiger partial charge in [0.2, 0.25) is 5.91 Å². The van der Waals surface area contributed by atoms with Gasteiger partial charge < -0.3 is 10.1 Å². The van der Waals surface area contributed by atoms with Crippen molar-refractivity contribution in [1.29, 1.82) is 5.26 Å². The van der Waals surface area contributed by atoms with Gasteiger partial charge >= 0.3 is 0 Å². The van der Waals surface area contributed by atoms with Crippen LogP contribution in [0, 0.1) is 35.9 Å². The Morgan fingerprint density at radius 1 is 1.20 bits per heavy atom. The van der Waals surface area contributed by atoms with Gasteiger partial charge in [0.05, 0.1) is 22.8 Å². The fourth-order valence-corrected chi connectivity index (χ4v) is 5.98. The summed E-state index contributed by atoms with van der Waals surface area (Å²) >= 11 is 0. The number of rotatable bonds is 7. The van der Waals surface area contributed by atoms with Crippen molar-refractivity contribution in [2.75, 3.05) is 13.2 Å². The third-order valence-corrected chi connectivity index (χ3v) is 7.78. The highest BCUT2D eigenvalue weighted by Crippen LogP contribution is 2.39. The fourth-order valence-electron chi connectivity index (χ4n) is 3.88. The SMILES string of the molecule is Cc1ccccc1S(=O)(=O)C1CC(COc2ccc(F)cc2)C(C(=O)NCC#N)C1. The molecule has 1 N–H and O–H groups in total. The quantitative estimate of drug-likeness (QED) is 0.681. The first-order valence-electron chi connectivity index (χ1n) is 9.65. The summed E-state index contributed by atoms with van der Waals surface area (Å²) in [5.41, 5.74) is 0.661. The van der Waals surface area contributed by atoms with Crippen LogP contribution < -0.4 is 10.1 Å². The largest absolute Gasteiger partial charge is 0.493 e. The van der Waals surface area contributed by atoms with E-state index in [2.05, 4.69) is 5.32 Å². The lowest BCUT2D eigenvalue weighted by molar-refractivity contribution is -0.126. The zero-order valence-corrected chi connectivity index (χ0v) is 17.4. The van der Waals surface area contributed by atoms with Gasteiger partial charge in [-0.25, -0.2) is 12.8 Å². The van der Waals surface area contributed by atoms with E-state index in [9.17, 15) is 17.6 Å². The van der Waals surface area contributed by atoms with E-state index in [0.29, 0.717) is 11.3 Å². The number of hydrogen-bond donors (Lipinski definition) is 1. The summed E-state index contributed by atoms with van der Waals surface area (Å²) in [5, 5.41) is 10.6. The summed E-state index contributed by atoms with van der Waals surface area (Å²) in [5.74, 6) is -1.24. The average Bonchev–Trinajstić information content (AvgIpc) is 3.17. The number of nitrogens with zero attached hydrogens (tertiary/aromatic N) is 1. The lowest BCUT2D eigenvalue weighted by Crippen LogP contribution is -2.34. The molecule has 158 valence electrons. The summed E-state index contributed by atoms with van der Waals surface area (Å²) in [6.07, 6.45) is 0.424. The molecule has 0 aliphatic heterocycles. The highest BCUT2D eigenvalue weighted by Gasteiger charge is 2.45. The Morgan fingerprint density at radius 3 is 2.57 bits per heavy atom. The predicted octanol–water partition coefficient (Wildman–Crippen LogP) is 3.02. The molecule has 2 aromatic carbocycles. The number of nitriles is 1. The number of carbonyl (C=O) groups excluding carboxylic acids is 1. The summed E-state index contributed by atoms with van der Waals surface area (Å²) < 4.78 is 45.3. The minimum absolute atomic E-state index is 0.121. The van der Waals surface area contributed by atoms with Gasteiger partial charge in [0, 0.05) is 11.8 Å². The third kappa shape index (κ3) is 4.79. The fraction of sp³-hybridized carbons (Fsp3) is 0.364. The molecule has 3 atom stereocenters. The Bertz CT molecular complexity index is 1050. The summed E-state index contributed by atoms with van der Waals surface area (Å²) in [6, 6.07) is 14.1. The van der Waals surface area contributed by atoms with E-state index in [0.717, 1.165) is 0 Å². The molecule has 0 spiro atoms. The maximum Gasteiger partial charge on any atom is 0.224 e. The van der Waals surface area contributed by atoms with E-state index >= 15 is 0 Å². The molecule has 8 heteroatoms. The number of hydrogen-bond acceptors (Lipinski definition) is 5. The number of amides is 1. The van der Waals surface area contributed by atoms with E-state index < -0.39 is 21.0 Å². The second-order valence-electron chi connectivity index (χ2n) is 7.41. The Labute approximate surface area is 175 Å². The number of benzene rings is 2. The van der Waals surface area contributed by atoms with Crippen LogP contribution in [0.4, 0.5) is 4.39 Å². The molecular formula is C22H23FN2O4S. The van der Waals surface area contributed by atoms with Crippen LogP contribution in [-0.4, -0.2) is 32.7 Å². The molecule has 3 unspecified atom stereocenters. The lowest BCUT2D eigenvalue weighted by atomic mass is 9.96. The second kappa shape index (κ2) is 9.26. The molecule has 2 aromatic rings. The molecule has 1 fully saturated rings. The molecule has 0 aromatic heterocycles. The van der Waals surface area contributed by atoms with Crippen molar-refractivity contribution in [3.8, 4) is 11.8 Å². The Balaban J connectivity index is 1.80. The average molecular weight is 431 g/mol. The first-order chi connectivity index (χ1) is 14.3. The topological polar surface area (TPSA) is 96.3 Å². The van der Waals surface area contributed by atoms with Crippen LogP contribution in [0.2, 0.25) is 0 Å². The van der Waals surface area contributed by atoms with Gasteiger partial charge in [-0.05, 0) is 55.7 Å². The van der Waals surface area contributed by atoms with Crippen molar-refractivity contribution < 1.29 is 22.3 Å². The van der Waals surface area contributed by atoms with Crippen LogP contribution in [0.25, 0.3) is 0 Å². The number of ether oxygens (including phenoxy) is 1. The maximum absolute atomic E-state index is 13.2. The van der Waals surface area contributed by atoms with E-state index in [-0.39, 0.29) is 48.5 Å². The predicted molar refractivity (Wildman–Crippen MR) is 109 cm³/mol. The van der Waals surface area contributed by atoms with Crippen molar-refractivity contribution in [1.82, 2.24) is 5.32 Å². The molecule has 0 saturated heterocycles. The van der Waals surface area contributed by atoms with Gasteiger partial charge in [0.15, 0.2) is 9.84 Å². The van der Waals surface area contributed by atoms with Gasteiger partial charge in [-0.15, -0.1) is 0 Å². The molecule has 6 nitrogen and oxygen atoms in total. The lowest BCUT2D eigenvalue weighted by Gasteiger charge is -2.18. The van der Waals surface area contributed by atoms with Crippen molar-refractivity contribution in [2.24, 2.45) is 11.8 Å². The zero-order chi connectivity index (χ0) is 21.7. The number of halogens is 1. The number of sulfone groups is 1. The molecule has 1 saturated carbocycles. The minimum atomic E-state index is -3.63. The van der Waals surface area contributed by atoms with Crippen molar-refractivity contribution in [3.63, 3.8) is 0 Å². The highest BCUT2D eigenvalue weighted by atomic mass is 32.2. The molecule has 0 radical (unpaired) electrons. The van der Waals surface area contributed by atoms with E-state index in [1.54, 1.807) is 31.2 Å². The van der Waals surface area contributed by atoms with Crippen LogP contribution in [0.1, 0.15) is 18.4 Å². The first kappa shape index (κ1) is 21.8. The van der Waals surface area contributed by atoms with Gasteiger partial charge in [0.25, 0.3) is 0 Å². The Kier molecular flexibility index (Phi) is 6.73. The summed E-state index contributed by atoms with van der Waals surface area (Å²) in [4.78, 5) is 12.9. The van der Waals surface area contributed by atoms with Gasteiger partial charge in [-0.1, -0.05) is 18.2 Å². The molecule has 0 heterocycles. The van der Waals surface area contributed by atoms with Gasteiger partial charge in [-0.3, -0.25) is 4.79 Å². The van der Waals surface area contributed by atoms with Crippen molar-refractivity contribution in [2.45, 2.75) is 29.9 Å². The van der Waals surface area contributed by atoms with Crippen LogP contribution in [0.5, 0.6) is 5.75 Å². The Morgan fingerprint density at radius 2 is 1.90 bits per heavy atom. The normalized spacial score (nSPS) is 21.0. The first-order valence-corrected chi connectivity index (χ1v) is 11.2. The smallest absolute Gasteiger partial charge is 0.224 e. The van der Waals surface area contributed by atoms with Crippen LogP contribution in [-0.2, 0) is 14.6 Å². The molecule has 1 aliphatic carbocycles. The van der Waals surface area contributed by atoms with Crippen LogP contribution in [0.3, 0.4) is 0 Å². The number of nitrogens with one attached hydrogen (secondary N) is 1. The summed E-state index contributed by atoms with van der Waals surface area (Å²) in [7, 11) is -3.63. The molecule has 1 aliphatic rings. The van der Waals surface area contributed by atoms with Crippen LogP contribution >= 0.6 is 0 Å². The van der Waals surface area contributed by atoms with E-state index in [1.165, 1.54) is 24.3 Å². The molecule has 30 heavy (non-hydrogen) atoms. The van der Waals surface area contributed by atoms with E-state index in [4.69, 9.17) is 10.00 Å². The zero-order valence-electron chi connectivity index (χ0n) is 16.5. The van der Waals surface area contributed by atoms with Gasteiger partial charge in [-0.2, -0.15) is 5.26 Å². The third-order valence-electron chi connectivity index (χ3n) is 5.45. The Hall–Kier alpha value is -2.92. The molecule has 1 amide bonds. The standard InChI is InChI=1S/C22H23FN2O4S/c1-15-4-2-3-5-21(15)30(27,28)19-12-16(20(13-19)22(26)25-11-10-24)14-29-18-8-6-17(23)7-9-18/h2-9,16,19-20H,11-14H2,1H3,(H,25,26). The van der Waals surface area contributed by atoms with Gasteiger partial charge in [0.1, 0.15) is 18.1 Å². The highest BCUT2D eigenvalue weighted by molar-refractivity contribution is 7.92. The van der Waals surface area contributed by atoms with Crippen molar-refractivity contribution >= 4 is 15.7 Å². The minimum Gasteiger partial charge on any atom is -0.493 e. The number of carbonyl (C=O) groups is 1. The van der Waals surface area contributed by atoms with Crippen LogP contribution in [0.15, 0.2) is 53.4 Å². The van der Waals surface area contributed by atoms with Crippen molar-refractivity contribution in [3.05, 3.63) is 59.9 Å². The number of aryl methyl sites for hydroxylation is 1.